The van der Waals surface area contributed by atoms with Crippen LogP contribution in [0.25, 0.3) is 0 Å². The van der Waals surface area contributed by atoms with Crippen molar-refractivity contribution >= 4 is 0 Å². The molecular weight excluding hydrogens is 328 g/mol. The minimum atomic E-state index is -0.948. The molecular formula is C19H30N6O. The number of piperidine rings is 1. The van der Waals surface area contributed by atoms with Crippen molar-refractivity contribution in [2.24, 2.45) is 5.92 Å². The Balaban J connectivity index is 1.63. The summed E-state index contributed by atoms with van der Waals surface area (Å²) in [5, 5.41) is 18.3. The van der Waals surface area contributed by atoms with Gasteiger partial charge in [-0.1, -0.05) is 5.21 Å². The Morgan fingerprint density at radius 1 is 1.15 bits per heavy atom. The summed E-state index contributed by atoms with van der Waals surface area (Å²) in [7, 11) is 0. The normalized spacial score (nSPS) is 19.1. The number of rotatable bonds is 5. The van der Waals surface area contributed by atoms with Crippen molar-refractivity contribution in [3.8, 4) is 0 Å². The third-order valence-corrected chi connectivity index (χ3v) is 5.17. The largest absolute Gasteiger partial charge is 0.384 e. The van der Waals surface area contributed by atoms with Crippen molar-refractivity contribution in [2.45, 2.75) is 66.2 Å². The SMILES string of the molecule is Cc1nc(C)c(CN2CCC[C@@H](Cn3cc(C(C)(C)O)nn3)C2)nc1C. The molecule has 7 nitrogen and oxygen atoms in total. The minimum Gasteiger partial charge on any atom is -0.384 e. The zero-order chi connectivity index (χ0) is 18.9. The molecule has 0 unspecified atom stereocenters. The zero-order valence-corrected chi connectivity index (χ0v) is 16.5. The fourth-order valence-corrected chi connectivity index (χ4v) is 3.50. The topological polar surface area (TPSA) is 80.0 Å². The molecule has 0 aliphatic carbocycles. The molecule has 0 spiro atoms. The van der Waals surface area contributed by atoms with Crippen LogP contribution in [0.15, 0.2) is 6.20 Å². The van der Waals surface area contributed by atoms with Crippen molar-refractivity contribution in [3.05, 3.63) is 34.7 Å². The maximum absolute atomic E-state index is 10.0. The fourth-order valence-electron chi connectivity index (χ4n) is 3.50. The lowest BCUT2D eigenvalue weighted by atomic mass is 9.97. The van der Waals surface area contributed by atoms with Gasteiger partial charge in [-0.05, 0) is 59.9 Å². The van der Waals surface area contributed by atoms with Crippen LogP contribution in [0.5, 0.6) is 0 Å². The van der Waals surface area contributed by atoms with Crippen molar-refractivity contribution < 1.29 is 5.11 Å². The molecule has 2 aromatic heterocycles. The highest BCUT2D eigenvalue weighted by Gasteiger charge is 2.24. The summed E-state index contributed by atoms with van der Waals surface area (Å²) in [5.41, 5.74) is 3.81. The van der Waals surface area contributed by atoms with Crippen LogP contribution in [0.2, 0.25) is 0 Å². The number of hydrogen-bond donors (Lipinski definition) is 1. The lowest BCUT2D eigenvalue weighted by molar-refractivity contribution is 0.0737. The van der Waals surface area contributed by atoms with E-state index >= 15 is 0 Å². The Bertz CT molecular complexity index is 764. The molecule has 0 amide bonds. The molecule has 2 aromatic rings. The molecule has 3 rings (SSSR count). The predicted molar refractivity (Wildman–Crippen MR) is 99.5 cm³/mol. The monoisotopic (exact) mass is 358 g/mol. The van der Waals surface area contributed by atoms with E-state index in [4.69, 9.17) is 4.98 Å². The van der Waals surface area contributed by atoms with Gasteiger partial charge in [0.1, 0.15) is 11.3 Å². The molecule has 3 heterocycles. The number of aryl methyl sites for hydroxylation is 3. The first kappa shape index (κ1) is 18.9. The second-order valence-corrected chi connectivity index (χ2v) is 8.05. The molecule has 1 aliphatic rings. The number of aromatic nitrogens is 5. The smallest absolute Gasteiger partial charge is 0.114 e. The van der Waals surface area contributed by atoms with E-state index in [9.17, 15) is 5.11 Å². The standard InChI is InChI=1S/C19H30N6O/c1-13-14(2)21-17(15(3)20-13)11-24-8-6-7-16(9-24)10-25-12-18(22-23-25)19(4,5)26/h12,16,26H,6-11H2,1-5H3/t16-/m1/s1. The molecule has 0 bridgehead atoms. The van der Waals surface area contributed by atoms with E-state index in [1.807, 2.05) is 31.6 Å². The van der Waals surface area contributed by atoms with Crippen LogP contribution in [0, 0.1) is 26.7 Å². The quantitative estimate of drug-likeness (QED) is 0.882. The van der Waals surface area contributed by atoms with E-state index in [0.29, 0.717) is 11.6 Å². The lowest BCUT2D eigenvalue weighted by Crippen LogP contribution is -2.37. The number of hydrogen-bond acceptors (Lipinski definition) is 6. The fraction of sp³-hybridized carbons (Fsp3) is 0.684. The van der Waals surface area contributed by atoms with Gasteiger partial charge in [0.2, 0.25) is 0 Å². The van der Waals surface area contributed by atoms with Gasteiger partial charge in [-0.15, -0.1) is 5.10 Å². The third kappa shape index (κ3) is 4.45. The molecule has 0 aromatic carbocycles. The second kappa shape index (κ2) is 7.40. The van der Waals surface area contributed by atoms with Crippen molar-refractivity contribution in [3.63, 3.8) is 0 Å². The van der Waals surface area contributed by atoms with Crippen molar-refractivity contribution in [2.75, 3.05) is 13.1 Å². The summed E-state index contributed by atoms with van der Waals surface area (Å²) in [5.74, 6) is 0.528. The number of aliphatic hydroxyl groups is 1. The first-order chi connectivity index (χ1) is 12.2. The molecule has 142 valence electrons. The summed E-state index contributed by atoms with van der Waals surface area (Å²) in [4.78, 5) is 11.8. The Labute approximate surface area is 155 Å². The molecule has 1 fully saturated rings. The Kier molecular flexibility index (Phi) is 5.39. The van der Waals surface area contributed by atoms with E-state index < -0.39 is 5.60 Å². The maximum Gasteiger partial charge on any atom is 0.114 e. The van der Waals surface area contributed by atoms with Crippen LogP contribution in [0.1, 0.15) is 55.2 Å². The van der Waals surface area contributed by atoms with Crippen LogP contribution in [-0.4, -0.2) is 48.1 Å². The summed E-state index contributed by atoms with van der Waals surface area (Å²) in [6, 6.07) is 0. The Morgan fingerprint density at radius 2 is 1.88 bits per heavy atom. The number of likely N-dealkylation sites (tertiary alicyclic amines) is 1. The summed E-state index contributed by atoms with van der Waals surface area (Å²) < 4.78 is 1.86. The zero-order valence-electron chi connectivity index (χ0n) is 16.5. The van der Waals surface area contributed by atoms with E-state index in [0.717, 1.165) is 49.0 Å². The molecule has 0 radical (unpaired) electrons. The van der Waals surface area contributed by atoms with Gasteiger partial charge < -0.3 is 5.11 Å². The summed E-state index contributed by atoms with van der Waals surface area (Å²) in [6.45, 7) is 13.3. The molecule has 1 aliphatic heterocycles. The van der Waals surface area contributed by atoms with Gasteiger partial charge in [-0.25, -0.2) is 0 Å². The predicted octanol–water partition coefficient (Wildman–Crippen LogP) is 2.13. The minimum absolute atomic E-state index is 0.528. The van der Waals surface area contributed by atoms with Crippen LogP contribution < -0.4 is 0 Å². The van der Waals surface area contributed by atoms with E-state index in [1.54, 1.807) is 13.8 Å². The van der Waals surface area contributed by atoms with Crippen LogP contribution in [-0.2, 0) is 18.7 Å². The second-order valence-electron chi connectivity index (χ2n) is 8.05. The highest BCUT2D eigenvalue weighted by atomic mass is 16.3. The summed E-state index contributed by atoms with van der Waals surface area (Å²) in [6.07, 6.45) is 4.22. The molecule has 0 saturated carbocycles. The first-order valence-corrected chi connectivity index (χ1v) is 9.38. The highest BCUT2D eigenvalue weighted by Crippen LogP contribution is 2.22. The van der Waals surface area contributed by atoms with Crippen LogP contribution in [0.3, 0.4) is 0 Å². The van der Waals surface area contributed by atoms with Gasteiger partial charge in [0.25, 0.3) is 0 Å². The highest BCUT2D eigenvalue weighted by molar-refractivity contribution is 5.17. The molecule has 1 N–H and O–H groups in total. The van der Waals surface area contributed by atoms with Gasteiger partial charge in [-0.2, -0.15) is 0 Å². The van der Waals surface area contributed by atoms with Gasteiger partial charge in [0.05, 0.1) is 29.0 Å². The first-order valence-electron chi connectivity index (χ1n) is 9.38. The van der Waals surface area contributed by atoms with E-state index in [1.165, 1.54) is 12.8 Å². The average Bonchev–Trinajstić information content (AvgIpc) is 3.02. The maximum atomic E-state index is 10.0. The summed E-state index contributed by atoms with van der Waals surface area (Å²) >= 11 is 0. The molecule has 7 heteroatoms. The van der Waals surface area contributed by atoms with E-state index in [2.05, 4.69) is 20.2 Å². The Hall–Kier alpha value is -1.86. The molecule has 26 heavy (non-hydrogen) atoms. The lowest BCUT2D eigenvalue weighted by Gasteiger charge is -2.32. The van der Waals surface area contributed by atoms with Gasteiger partial charge >= 0.3 is 0 Å². The van der Waals surface area contributed by atoms with Crippen molar-refractivity contribution in [1.82, 2.24) is 29.9 Å². The van der Waals surface area contributed by atoms with Gasteiger partial charge in [-0.3, -0.25) is 19.5 Å². The van der Waals surface area contributed by atoms with Crippen LogP contribution in [0.4, 0.5) is 0 Å². The van der Waals surface area contributed by atoms with Gasteiger partial charge in [0, 0.05) is 19.6 Å². The van der Waals surface area contributed by atoms with Crippen LogP contribution >= 0.6 is 0 Å². The average molecular weight is 358 g/mol. The van der Waals surface area contributed by atoms with Crippen molar-refractivity contribution in [1.29, 1.82) is 0 Å². The van der Waals surface area contributed by atoms with Gasteiger partial charge in [0.15, 0.2) is 0 Å². The Morgan fingerprint density at radius 3 is 2.58 bits per heavy atom. The number of nitrogens with zero attached hydrogens (tertiary/aromatic N) is 6. The molecule has 1 atom stereocenters. The molecule has 1 saturated heterocycles. The third-order valence-electron chi connectivity index (χ3n) is 5.17. The van der Waals surface area contributed by atoms with E-state index in [-0.39, 0.29) is 0 Å².